The molecule has 0 radical (unpaired) electrons. The minimum Gasteiger partial charge on any atom is -0.361 e. The fourth-order valence-corrected chi connectivity index (χ4v) is 3.20. The van der Waals surface area contributed by atoms with Crippen LogP contribution in [-0.4, -0.2) is 20.9 Å². The minimum absolute atomic E-state index is 0.103. The predicted molar refractivity (Wildman–Crippen MR) is 98.4 cm³/mol. The molecular formula is C18H23N5O2. The molecule has 1 aliphatic carbocycles. The van der Waals surface area contributed by atoms with Crippen LogP contribution in [0.3, 0.4) is 0 Å². The van der Waals surface area contributed by atoms with Crippen molar-refractivity contribution in [2.24, 2.45) is 0 Å². The van der Waals surface area contributed by atoms with Gasteiger partial charge in [-0.15, -0.1) is 0 Å². The lowest BCUT2D eigenvalue weighted by atomic mass is 9.95. The third-order valence-electron chi connectivity index (χ3n) is 4.81. The second-order valence-corrected chi connectivity index (χ2v) is 6.53. The Labute approximate surface area is 147 Å². The molecule has 0 unspecified atom stereocenters. The van der Waals surface area contributed by atoms with Crippen LogP contribution < -0.4 is 10.6 Å². The first-order valence-electron chi connectivity index (χ1n) is 8.65. The minimum atomic E-state index is -0.418. The van der Waals surface area contributed by atoms with E-state index in [2.05, 4.69) is 20.6 Å². The zero-order valence-electron chi connectivity index (χ0n) is 14.6. The van der Waals surface area contributed by atoms with E-state index in [0.717, 1.165) is 42.5 Å². The van der Waals surface area contributed by atoms with Crippen LogP contribution in [0.4, 0.5) is 23.0 Å². The molecule has 0 saturated heterocycles. The highest BCUT2D eigenvalue weighted by molar-refractivity contribution is 5.75. The number of aryl methyl sites for hydroxylation is 1. The van der Waals surface area contributed by atoms with Gasteiger partial charge in [0, 0.05) is 11.7 Å². The van der Waals surface area contributed by atoms with E-state index in [9.17, 15) is 10.1 Å². The van der Waals surface area contributed by atoms with Gasteiger partial charge in [-0.05, 0) is 43.9 Å². The lowest BCUT2D eigenvalue weighted by Crippen LogP contribution is -2.23. The van der Waals surface area contributed by atoms with Crippen molar-refractivity contribution in [2.75, 3.05) is 10.6 Å². The average Bonchev–Trinajstić information content (AvgIpc) is 2.60. The normalized spacial score (nSPS) is 15.0. The van der Waals surface area contributed by atoms with E-state index in [-0.39, 0.29) is 17.5 Å². The first-order valence-corrected chi connectivity index (χ1v) is 8.65. The maximum atomic E-state index is 11.7. The van der Waals surface area contributed by atoms with Crippen molar-refractivity contribution in [1.82, 2.24) is 9.97 Å². The molecule has 1 heterocycles. The molecular weight excluding hydrogens is 318 g/mol. The van der Waals surface area contributed by atoms with Gasteiger partial charge in [0.15, 0.2) is 0 Å². The number of hydrogen-bond donors (Lipinski definition) is 2. The number of hydrogen-bond acceptors (Lipinski definition) is 6. The van der Waals surface area contributed by atoms with Gasteiger partial charge in [-0.1, -0.05) is 31.4 Å². The second-order valence-electron chi connectivity index (χ2n) is 6.53. The Morgan fingerprint density at radius 3 is 2.56 bits per heavy atom. The predicted octanol–water partition coefficient (Wildman–Crippen LogP) is 4.49. The molecule has 0 spiro atoms. The molecule has 1 aromatic carbocycles. The van der Waals surface area contributed by atoms with Gasteiger partial charge in [0.25, 0.3) is 0 Å². The summed E-state index contributed by atoms with van der Waals surface area (Å²) < 4.78 is 0. The first-order chi connectivity index (χ1) is 12.1. The summed E-state index contributed by atoms with van der Waals surface area (Å²) in [5.74, 6) is 0.506. The monoisotopic (exact) mass is 341 g/mol. The van der Waals surface area contributed by atoms with Crippen molar-refractivity contribution in [1.29, 1.82) is 0 Å². The quantitative estimate of drug-likeness (QED) is 0.615. The van der Waals surface area contributed by atoms with Gasteiger partial charge in [-0.2, -0.15) is 0 Å². The van der Waals surface area contributed by atoms with Gasteiger partial charge >= 0.3 is 5.69 Å². The Morgan fingerprint density at radius 2 is 1.84 bits per heavy atom. The van der Waals surface area contributed by atoms with Crippen LogP contribution in [0.2, 0.25) is 0 Å². The average molecular weight is 341 g/mol. The SMILES string of the molecule is Cc1cccc(Nc2ncnc(NC3CCCCC3)c2[N+](=O)[O-])c1C. The van der Waals surface area contributed by atoms with Crippen LogP contribution in [0.25, 0.3) is 0 Å². The Bertz CT molecular complexity index is 772. The highest BCUT2D eigenvalue weighted by Gasteiger charge is 2.26. The number of nitrogens with zero attached hydrogens (tertiary/aromatic N) is 3. The van der Waals surface area contributed by atoms with Crippen LogP contribution in [0, 0.1) is 24.0 Å². The van der Waals surface area contributed by atoms with Crippen LogP contribution in [0.5, 0.6) is 0 Å². The summed E-state index contributed by atoms with van der Waals surface area (Å²) in [7, 11) is 0. The number of benzene rings is 1. The Kier molecular flexibility index (Phi) is 5.11. The van der Waals surface area contributed by atoms with Crippen LogP contribution in [0.1, 0.15) is 43.2 Å². The van der Waals surface area contributed by atoms with E-state index in [1.165, 1.54) is 12.7 Å². The summed E-state index contributed by atoms with van der Waals surface area (Å²) >= 11 is 0. The molecule has 25 heavy (non-hydrogen) atoms. The number of aromatic nitrogens is 2. The molecule has 0 bridgehead atoms. The lowest BCUT2D eigenvalue weighted by molar-refractivity contribution is -0.383. The highest BCUT2D eigenvalue weighted by atomic mass is 16.6. The maximum Gasteiger partial charge on any atom is 0.353 e. The fraction of sp³-hybridized carbons (Fsp3) is 0.444. The summed E-state index contributed by atoms with van der Waals surface area (Å²) in [6.07, 6.45) is 6.91. The summed E-state index contributed by atoms with van der Waals surface area (Å²) in [4.78, 5) is 19.5. The maximum absolute atomic E-state index is 11.7. The van der Waals surface area contributed by atoms with Crippen molar-refractivity contribution in [3.63, 3.8) is 0 Å². The number of rotatable bonds is 5. The Balaban J connectivity index is 1.92. The largest absolute Gasteiger partial charge is 0.361 e. The first kappa shape index (κ1) is 17.1. The van der Waals surface area contributed by atoms with E-state index in [0.29, 0.717) is 5.82 Å². The molecule has 0 amide bonds. The summed E-state index contributed by atoms with van der Waals surface area (Å²) in [5.41, 5.74) is 2.86. The third-order valence-corrected chi connectivity index (χ3v) is 4.81. The molecule has 7 nitrogen and oxygen atoms in total. The number of nitrogens with one attached hydrogen (secondary N) is 2. The smallest absolute Gasteiger partial charge is 0.353 e. The van der Waals surface area contributed by atoms with E-state index >= 15 is 0 Å². The van der Waals surface area contributed by atoms with Crippen molar-refractivity contribution in [2.45, 2.75) is 52.0 Å². The summed E-state index contributed by atoms with van der Waals surface area (Å²) in [6, 6.07) is 6.04. The Morgan fingerprint density at radius 1 is 1.12 bits per heavy atom. The van der Waals surface area contributed by atoms with Gasteiger partial charge in [0.1, 0.15) is 6.33 Å². The molecule has 7 heteroatoms. The van der Waals surface area contributed by atoms with Gasteiger partial charge in [-0.25, -0.2) is 9.97 Å². The molecule has 1 aromatic heterocycles. The van der Waals surface area contributed by atoms with E-state index in [1.54, 1.807) is 0 Å². The van der Waals surface area contributed by atoms with Crippen molar-refractivity contribution in [3.8, 4) is 0 Å². The van der Waals surface area contributed by atoms with Crippen molar-refractivity contribution >= 4 is 23.0 Å². The molecule has 2 aromatic rings. The summed E-state index contributed by atoms with van der Waals surface area (Å²) in [6.45, 7) is 3.98. The zero-order valence-corrected chi connectivity index (χ0v) is 14.6. The topological polar surface area (TPSA) is 93.0 Å². The Hall–Kier alpha value is -2.70. The van der Waals surface area contributed by atoms with Crippen molar-refractivity contribution in [3.05, 3.63) is 45.8 Å². The zero-order chi connectivity index (χ0) is 17.8. The van der Waals surface area contributed by atoms with E-state index in [1.807, 2.05) is 32.0 Å². The van der Waals surface area contributed by atoms with Gasteiger partial charge in [0.2, 0.25) is 11.6 Å². The van der Waals surface area contributed by atoms with Crippen LogP contribution in [0.15, 0.2) is 24.5 Å². The van der Waals surface area contributed by atoms with E-state index < -0.39 is 4.92 Å². The lowest BCUT2D eigenvalue weighted by Gasteiger charge is -2.23. The van der Waals surface area contributed by atoms with Crippen LogP contribution in [-0.2, 0) is 0 Å². The molecule has 0 atom stereocenters. The molecule has 1 aliphatic rings. The standard InChI is InChI=1S/C18H23N5O2/c1-12-7-6-10-15(13(12)2)22-18-16(23(24)25)17(19-11-20-18)21-14-8-4-3-5-9-14/h6-7,10-11,14H,3-5,8-9H2,1-2H3,(H2,19,20,21,22). The second kappa shape index (κ2) is 7.46. The molecule has 1 fully saturated rings. The highest BCUT2D eigenvalue weighted by Crippen LogP contribution is 2.34. The molecule has 0 aliphatic heterocycles. The van der Waals surface area contributed by atoms with Crippen molar-refractivity contribution < 1.29 is 4.92 Å². The molecule has 2 N–H and O–H groups in total. The third kappa shape index (κ3) is 3.87. The summed E-state index contributed by atoms with van der Waals surface area (Å²) in [5, 5.41) is 18.0. The van der Waals surface area contributed by atoms with Gasteiger partial charge in [0.05, 0.1) is 4.92 Å². The number of nitro groups is 1. The molecule has 1 saturated carbocycles. The molecule has 132 valence electrons. The van der Waals surface area contributed by atoms with Gasteiger partial charge in [-0.3, -0.25) is 10.1 Å². The van der Waals surface area contributed by atoms with Crippen LogP contribution >= 0.6 is 0 Å². The van der Waals surface area contributed by atoms with Gasteiger partial charge < -0.3 is 10.6 Å². The number of anilines is 3. The van der Waals surface area contributed by atoms with E-state index in [4.69, 9.17) is 0 Å². The fourth-order valence-electron chi connectivity index (χ4n) is 3.20. The molecule has 3 rings (SSSR count).